The average Bonchev–Trinajstić information content (AvgIpc) is 2.62. The number of benzene rings is 2. The molecule has 8 heteroatoms. The summed E-state index contributed by atoms with van der Waals surface area (Å²) >= 11 is 1.22. The molecule has 126 valence electrons. The molecule has 0 aliphatic heterocycles. The lowest BCUT2D eigenvalue weighted by atomic mass is 10.3. The van der Waals surface area contributed by atoms with Gasteiger partial charge in [-0.2, -0.15) is 10.5 Å². The van der Waals surface area contributed by atoms with Crippen molar-refractivity contribution in [3.63, 3.8) is 0 Å². The van der Waals surface area contributed by atoms with E-state index in [0.29, 0.717) is 16.4 Å². The van der Waals surface area contributed by atoms with Crippen LogP contribution in [0.25, 0.3) is 0 Å². The number of sulfone groups is 1. The number of nitrogens with one attached hydrogen (secondary N) is 1. The standard InChI is InChI=1S/C17H14N4O2S2/c1-24-17(12(10-18)11-19)21-14-4-8-16(9-5-14)25(22,23)15-6-2-13(20)3-7-15/h2-9,21H,20H2,1H3. The Bertz CT molecular complexity index is 965. The molecule has 0 aliphatic carbocycles. The van der Waals surface area contributed by atoms with Crippen LogP contribution >= 0.6 is 11.8 Å². The van der Waals surface area contributed by atoms with Crippen LogP contribution in [0.4, 0.5) is 11.4 Å². The summed E-state index contributed by atoms with van der Waals surface area (Å²) in [5, 5.41) is 21.2. The fourth-order valence-electron chi connectivity index (χ4n) is 1.97. The summed E-state index contributed by atoms with van der Waals surface area (Å²) in [4.78, 5) is 0.293. The van der Waals surface area contributed by atoms with E-state index >= 15 is 0 Å². The molecule has 0 amide bonds. The number of hydrogen-bond acceptors (Lipinski definition) is 7. The number of anilines is 2. The van der Waals surface area contributed by atoms with Crippen molar-refractivity contribution in [1.29, 1.82) is 10.5 Å². The molecule has 0 radical (unpaired) electrons. The lowest BCUT2D eigenvalue weighted by Crippen LogP contribution is -2.03. The predicted octanol–water partition coefficient (Wildman–Crippen LogP) is 3.14. The summed E-state index contributed by atoms with van der Waals surface area (Å²) in [6.45, 7) is 0. The number of nitriles is 2. The SMILES string of the molecule is CSC(Nc1ccc(S(=O)(=O)c2ccc(N)cc2)cc1)=C(C#N)C#N. The zero-order valence-electron chi connectivity index (χ0n) is 13.2. The van der Waals surface area contributed by atoms with Crippen molar-refractivity contribution in [2.75, 3.05) is 17.3 Å². The van der Waals surface area contributed by atoms with Crippen molar-refractivity contribution in [1.82, 2.24) is 0 Å². The second-order valence-corrected chi connectivity index (χ2v) is 7.62. The van der Waals surface area contributed by atoms with E-state index in [2.05, 4.69) is 5.32 Å². The zero-order chi connectivity index (χ0) is 18.4. The maximum Gasteiger partial charge on any atom is 0.206 e. The molecule has 0 saturated heterocycles. The Kier molecular flexibility index (Phi) is 5.71. The molecule has 2 aromatic carbocycles. The number of thioether (sulfide) groups is 1. The Morgan fingerprint density at radius 2 is 1.48 bits per heavy atom. The Labute approximate surface area is 150 Å². The molecule has 0 aliphatic rings. The first-order valence-electron chi connectivity index (χ1n) is 6.98. The zero-order valence-corrected chi connectivity index (χ0v) is 14.9. The minimum absolute atomic E-state index is 0.0360. The summed E-state index contributed by atoms with van der Waals surface area (Å²) in [6, 6.07) is 15.7. The number of nitrogen functional groups attached to an aromatic ring is 1. The summed E-state index contributed by atoms with van der Waals surface area (Å²) in [5.74, 6) is 0. The molecular weight excluding hydrogens is 356 g/mol. The van der Waals surface area contributed by atoms with E-state index in [1.165, 1.54) is 48.2 Å². The monoisotopic (exact) mass is 370 g/mol. The maximum atomic E-state index is 12.6. The molecule has 6 nitrogen and oxygen atoms in total. The number of allylic oxidation sites excluding steroid dienone is 1. The highest BCUT2D eigenvalue weighted by Gasteiger charge is 2.17. The number of rotatable bonds is 5. The van der Waals surface area contributed by atoms with Gasteiger partial charge >= 0.3 is 0 Å². The average molecular weight is 370 g/mol. The van der Waals surface area contributed by atoms with Gasteiger partial charge in [-0.25, -0.2) is 8.42 Å². The fraction of sp³-hybridized carbons (Fsp3) is 0.0588. The van der Waals surface area contributed by atoms with Gasteiger partial charge in [0, 0.05) is 11.4 Å². The number of nitrogens with two attached hydrogens (primary N) is 1. The third kappa shape index (κ3) is 4.13. The summed E-state index contributed by atoms with van der Waals surface area (Å²) in [5.41, 5.74) is 6.60. The van der Waals surface area contributed by atoms with Gasteiger partial charge in [-0.15, -0.1) is 11.8 Å². The maximum absolute atomic E-state index is 12.6. The third-order valence-corrected chi connectivity index (χ3v) is 5.77. The fourth-order valence-corrected chi connectivity index (χ4v) is 3.75. The van der Waals surface area contributed by atoms with Gasteiger partial charge in [0.25, 0.3) is 0 Å². The highest BCUT2D eigenvalue weighted by molar-refractivity contribution is 8.02. The molecule has 0 fully saturated rings. The van der Waals surface area contributed by atoms with Crippen molar-refractivity contribution in [3.8, 4) is 12.1 Å². The largest absolute Gasteiger partial charge is 0.399 e. The van der Waals surface area contributed by atoms with Crippen LogP contribution in [0.15, 0.2) is 68.9 Å². The van der Waals surface area contributed by atoms with Gasteiger partial charge in [0.2, 0.25) is 9.84 Å². The van der Waals surface area contributed by atoms with E-state index in [1.807, 2.05) is 12.1 Å². The lowest BCUT2D eigenvalue weighted by molar-refractivity contribution is 0.596. The molecule has 0 heterocycles. The smallest absolute Gasteiger partial charge is 0.206 e. The van der Waals surface area contributed by atoms with Crippen LogP contribution in [-0.4, -0.2) is 14.7 Å². The van der Waals surface area contributed by atoms with Crippen LogP contribution in [0.2, 0.25) is 0 Å². The van der Waals surface area contributed by atoms with E-state index in [0.717, 1.165) is 0 Å². The first kappa shape index (κ1) is 18.4. The summed E-state index contributed by atoms with van der Waals surface area (Å²) in [6.07, 6.45) is 1.73. The number of hydrogen-bond donors (Lipinski definition) is 2. The van der Waals surface area contributed by atoms with Crippen molar-refractivity contribution in [3.05, 3.63) is 59.1 Å². The van der Waals surface area contributed by atoms with Gasteiger partial charge in [0.05, 0.1) is 9.79 Å². The first-order valence-corrected chi connectivity index (χ1v) is 9.69. The third-order valence-electron chi connectivity index (χ3n) is 3.27. The van der Waals surface area contributed by atoms with Crippen molar-refractivity contribution >= 4 is 33.0 Å². The molecule has 0 atom stereocenters. The Balaban J connectivity index is 2.31. The lowest BCUT2D eigenvalue weighted by Gasteiger charge is -2.10. The van der Waals surface area contributed by atoms with Crippen molar-refractivity contribution in [2.45, 2.75) is 9.79 Å². The Hall–Kier alpha value is -2.94. The highest BCUT2D eigenvalue weighted by atomic mass is 32.2. The number of nitrogens with zero attached hydrogens (tertiary/aromatic N) is 2. The Morgan fingerprint density at radius 1 is 1.00 bits per heavy atom. The molecule has 2 rings (SSSR count). The predicted molar refractivity (Wildman–Crippen MR) is 98.1 cm³/mol. The van der Waals surface area contributed by atoms with Gasteiger partial charge in [-0.1, -0.05) is 0 Å². The minimum Gasteiger partial charge on any atom is -0.399 e. The van der Waals surface area contributed by atoms with E-state index in [4.69, 9.17) is 16.3 Å². The quantitative estimate of drug-likeness (QED) is 0.613. The highest BCUT2D eigenvalue weighted by Crippen LogP contribution is 2.25. The van der Waals surface area contributed by atoms with Gasteiger partial charge < -0.3 is 11.1 Å². The normalized spacial score (nSPS) is 10.4. The van der Waals surface area contributed by atoms with Crippen molar-refractivity contribution in [2.24, 2.45) is 0 Å². The van der Waals surface area contributed by atoms with Gasteiger partial charge in [-0.3, -0.25) is 0 Å². The van der Waals surface area contributed by atoms with Crippen LogP contribution < -0.4 is 11.1 Å². The molecule has 0 saturated carbocycles. The van der Waals surface area contributed by atoms with Crippen LogP contribution in [-0.2, 0) is 9.84 Å². The molecule has 0 bridgehead atoms. The van der Waals surface area contributed by atoms with Gasteiger partial charge in [-0.05, 0) is 54.8 Å². The summed E-state index contributed by atoms with van der Waals surface area (Å²) < 4.78 is 25.1. The second-order valence-electron chi connectivity index (χ2n) is 4.85. The van der Waals surface area contributed by atoms with E-state index in [-0.39, 0.29) is 15.4 Å². The molecule has 3 N–H and O–H groups in total. The van der Waals surface area contributed by atoms with Gasteiger partial charge in [0.15, 0.2) is 5.57 Å². The topological polar surface area (TPSA) is 120 Å². The first-order chi connectivity index (χ1) is 11.9. The van der Waals surface area contributed by atoms with Crippen LogP contribution in [0, 0.1) is 22.7 Å². The molecule has 0 spiro atoms. The molecule has 0 unspecified atom stereocenters. The van der Waals surface area contributed by atoms with E-state index in [1.54, 1.807) is 18.4 Å². The Morgan fingerprint density at radius 3 is 1.92 bits per heavy atom. The van der Waals surface area contributed by atoms with Crippen LogP contribution in [0.1, 0.15) is 0 Å². The summed E-state index contributed by atoms with van der Waals surface area (Å²) in [7, 11) is -3.64. The molecule has 2 aromatic rings. The molecule has 0 aromatic heterocycles. The van der Waals surface area contributed by atoms with Crippen LogP contribution in [0.3, 0.4) is 0 Å². The minimum atomic E-state index is -3.64. The second kappa shape index (κ2) is 7.75. The van der Waals surface area contributed by atoms with Gasteiger partial charge in [0.1, 0.15) is 17.2 Å². The molecule has 25 heavy (non-hydrogen) atoms. The molecular formula is C17H14N4O2S2. The van der Waals surface area contributed by atoms with Crippen LogP contribution in [0.5, 0.6) is 0 Å². The van der Waals surface area contributed by atoms with Crippen molar-refractivity contribution < 1.29 is 8.42 Å². The van der Waals surface area contributed by atoms with E-state index in [9.17, 15) is 8.42 Å². The van der Waals surface area contributed by atoms with E-state index < -0.39 is 9.84 Å².